The van der Waals surface area contributed by atoms with Crippen LogP contribution >= 0.6 is 0 Å². The molecule has 0 fully saturated rings. The second kappa shape index (κ2) is 7.85. The summed E-state index contributed by atoms with van der Waals surface area (Å²) in [7, 11) is 0. The lowest BCUT2D eigenvalue weighted by molar-refractivity contribution is 0.111. The number of nitrogens with one attached hydrogen (secondary N) is 1. The minimum atomic E-state index is 0.624. The van der Waals surface area contributed by atoms with E-state index in [1.807, 2.05) is 0 Å². The highest BCUT2D eigenvalue weighted by Gasteiger charge is 2.02. The lowest BCUT2D eigenvalue weighted by atomic mass is 10.2. The van der Waals surface area contributed by atoms with E-state index < -0.39 is 0 Å². The molecule has 15 heavy (non-hydrogen) atoms. The molecule has 0 saturated heterocycles. The van der Waals surface area contributed by atoms with Gasteiger partial charge in [0.25, 0.3) is 0 Å². The zero-order valence-corrected chi connectivity index (χ0v) is 9.92. The van der Waals surface area contributed by atoms with Crippen LogP contribution in [-0.4, -0.2) is 39.5 Å². The molecule has 0 saturated carbocycles. The molecule has 0 amide bonds. The summed E-state index contributed by atoms with van der Waals surface area (Å²) in [5.74, 6) is 0.624. The maximum Gasteiger partial charge on any atom is 0.0689 e. The van der Waals surface area contributed by atoms with E-state index in [4.69, 9.17) is 9.47 Å². The van der Waals surface area contributed by atoms with Crippen molar-refractivity contribution in [3.8, 4) is 0 Å². The molecule has 0 aliphatic carbocycles. The largest absolute Gasteiger partial charge is 0.380 e. The molecule has 3 nitrogen and oxygen atoms in total. The standard InChI is InChI=1S/C12H23NO2/c1-11(2)9-15-7-5-13-8-12-4-3-6-14-10-12/h4,11,13H,3,5-10H2,1-2H3. The van der Waals surface area contributed by atoms with E-state index in [9.17, 15) is 0 Å². The van der Waals surface area contributed by atoms with E-state index in [1.165, 1.54) is 5.57 Å². The lowest BCUT2D eigenvalue weighted by Gasteiger charge is -2.14. The third-order valence-electron chi connectivity index (χ3n) is 2.21. The summed E-state index contributed by atoms with van der Waals surface area (Å²) in [5.41, 5.74) is 1.37. The van der Waals surface area contributed by atoms with Crippen LogP contribution in [-0.2, 0) is 9.47 Å². The molecule has 0 aromatic rings. The maximum absolute atomic E-state index is 5.47. The van der Waals surface area contributed by atoms with Crippen LogP contribution in [0.25, 0.3) is 0 Å². The van der Waals surface area contributed by atoms with Gasteiger partial charge in [-0.1, -0.05) is 19.9 Å². The Morgan fingerprint density at radius 1 is 1.53 bits per heavy atom. The minimum Gasteiger partial charge on any atom is -0.380 e. The van der Waals surface area contributed by atoms with Crippen molar-refractivity contribution in [1.29, 1.82) is 0 Å². The Morgan fingerprint density at radius 2 is 2.40 bits per heavy atom. The van der Waals surface area contributed by atoms with Gasteiger partial charge in [-0.25, -0.2) is 0 Å². The third-order valence-corrected chi connectivity index (χ3v) is 2.21. The Hall–Kier alpha value is -0.380. The molecule has 0 atom stereocenters. The monoisotopic (exact) mass is 213 g/mol. The summed E-state index contributed by atoms with van der Waals surface area (Å²) in [5, 5.41) is 3.36. The molecule has 0 aromatic heterocycles. The van der Waals surface area contributed by atoms with Crippen molar-refractivity contribution >= 4 is 0 Å². The molecule has 0 bridgehead atoms. The molecule has 1 heterocycles. The summed E-state index contributed by atoms with van der Waals surface area (Å²) in [6, 6.07) is 0. The second-order valence-corrected chi connectivity index (χ2v) is 4.35. The molecule has 1 aliphatic rings. The van der Waals surface area contributed by atoms with Gasteiger partial charge in [0.05, 0.1) is 19.8 Å². The van der Waals surface area contributed by atoms with Gasteiger partial charge in [-0.15, -0.1) is 0 Å². The first kappa shape index (κ1) is 12.7. The molecule has 0 unspecified atom stereocenters. The van der Waals surface area contributed by atoms with Crippen LogP contribution < -0.4 is 5.32 Å². The Morgan fingerprint density at radius 3 is 3.07 bits per heavy atom. The van der Waals surface area contributed by atoms with Gasteiger partial charge in [-0.05, 0) is 17.9 Å². The molecular weight excluding hydrogens is 190 g/mol. The van der Waals surface area contributed by atoms with Crippen LogP contribution in [0, 0.1) is 5.92 Å². The van der Waals surface area contributed by atoms with Crippen molar-refractivity contribution in [2.24, 2.45) is 5.92 Å². The highest BCUT2D eigenvalue weighted by Crippen LogP contribution is 2.03. The van der Waals surface area contributed by atoms with Crippen molar-refractivity contribution in [3.63, 3.8) is 0 Å². The molecule has 0 spiro atoms. The summed E-state index contributed by atoms with van der Waals surface area (Å²) >= 11 is 0. The van der Waals surface area contributed by atoms with Crippen LogP contribution in [0.15, 0.2) is 11.6 Å². The van der Waals surface area contributed by atoms with Gasteiger partial charge in [-0.2, -0.15) is 0 Å². The Balaban J connectivity index is 1.90. The van der Waals surface area contributed by atoms with Crippen molar-refractivity contribution < 1.29 is 9.47 Å². The van der Waals surface area contributed by atoms with Gasteiger partial charge in [0.2, 0.25) is 0 Å². The molecule has 88 valence electrons. The van der Waals surface area contributed by atoms with E-state index in [2.05, 4.69) is 25.2 Å². The highest BCUT2D eigenvalue weighted by atomic mass is 16.5. The SMILES string of the molecule is CC(C)COCCNCC1=CCCOC1. The first-order valence-electron chi connectivity index (χ1n) is 5.83. The van der Waals surface area contributed by atoms with Gasteiger partial charge < -0.3 is 14.8 Å². The number of ether oxygens (including phenoxy) is 2. The fourth-order valence-corrected chi connectivity index (χ4v) is 1.44. The summed E-state index contributed by atoms with van der Waals surface area (Å²) < 4.78 is 10.8. The average molecular weight is 213 g/mol. The summed E-state index contributed by atoms with van der Waals surface area (Å²) in [4.78, 5) is 0. The average Bonchev–Trinajstić information content (AvgIpc) is 2.24. The van der Waals surface area contributed by atoms with Gasteiger partial charge in [0.1, 0.15) is 0 Å². The fraction of sp³-hybridized carbons (Fsp3) is 0.833. The van der Waals surface area contributed by atoms with Gasteiger partial charge in [0.15, 0.2) is 0 Å². The van der Waals surface area contributed by atoms with Crippen LogP contribution in [0.5, 0.6) is 0 Å². The quantitative estimate of drug-likeness (QED) is 0.514. The van der Waals surface area contributed by atoms with Crippen LogP contribution in [0.1, 0.15) is 20.3 Å². The molecule has 3 heteroatoms. The second-order valence-electron chi connectivity index (χ2n) is 4.35. The zero-order chi connectivity index (χ0) is 10.9. The van der Waals surface area contributed by atoms with Gasteiger partial charge >= 0.3 is 0 Å². The molecular formula is C12H23NO2. The van der Waals surface area contributed by atoms with Crippen molar-refractivity contribution in [2.45, 2.75) is 20.3 Å². The maximum atomic E-state index is 5.47. The minimum absolute atomic E-state index is 0.624. The van der Waals surface area contributed by atoms with E-state index in [1.54, 1.807) is 0 Å². The van der Waals surface area contributed by atoms with E-state index in [-0.39, 0.29) is 0 Å². The van der Waals surface area contributed by atoms with Crippen LogP contribution in [0.3, 0.4) is 0 Å². The summed E-state index contributed by atoms with van der Waals surface area (Å²) in [6.45, 7) is 9.50. The topological polar surface area (TPSA) is 30.5 Å². The fourth-order valence-electron chi connectivity index (χ4n) is 1.44. The van der Waals surface area contributed by atoms with Crippen LogP contribution in [0.2, 0.25) is 0 Å². The van der Waals surface area contributed by atoms with Crippen LogP contribution in [0.4, 0.5) is 0 Å². The highest BCUT2D eigenvalue weighted by molar-refractivity contribution is 5.06. The number of hydrogen-bond donors (Lipinski definition) is 1. The van der Waals surface area contributed by atoms with Gasteiger partial charge in [-0.3, -0.25) is 0 Å². The molecule has 0 aromatic carbocycles. The van der Waals surface area contributed by atoms with E-state index in [0.717, 1.165) is 45.9 Å². The zero-order valence-electron chi connectivity index (χ0n) is 9.92. The number of rotatable bonds is 7. The third kappa shape index (κ3) is 6.66. The Kier molecular flexibility index (Phi) is 6.64. The number of hydrogen-bond acceptors (Lipinski definition) is 3. The smallest absolute Gasteiger partial charge is 0.0689 e. The van der Waals surface area contributed by atoms with Gasteiger partial charge in [0, 0.05) is 19.7 Å². The van der Waals surface area contributed by atoms with Crippen molar-refractivity contribution in [2.75, 3.05) is 39.5 Å². The normalized spacial score (nSPS) is 16.9. The van der Waals surface area contributed by atoms with Crippen molar-refractivity contribution in [1.82, 2.24) is 5.32 Å². The predicted octanol–water partition coefficient (Wildman–Crippen LogP) is 1.60. The first-order chi connectivity index (χ1) is 7.29. The molecule has 1 N–H and O–H groups in total. The van der Waals surface area contributed by atoms with E-state index in [0.29, 0.717) is 5.92 Å². The molecule has 1 aliphatic heterocycles. The lowest BCUT2D eigenvalue weighted by Crippen LogP contribution is -2.25. The first-order valence-corrected chi connectivity index (χ1v) is 5.83. The summed E-state index contributed by atoms with van der Waals surface area (Å²) in [6.07, 6.45) is 3.33. The molecule has 0 radical (unpaired) electrons. The Bertz CT molecular complexity index is 190. The molecule has 1 rings (SSSR count). The van der Waals surface area contributed by atoms with E-state index >= 15 is 0 Å². The predicted molar refractivity (Wildman–Crippen MR) is 62.0 cm³/mol. The Labute approximate surface area is 92.8 Å². The van der Waals surface area contributed by atoms with Crippen molar-refractivity contribution in [3.05, 3.63) is 11.6 Å².